The van der Waals surface area contributed by atoms with Crippen LogP contribution in [-0.4, -0.2) is 37.0 Å². The molecule has 1 saturated carbocycles. The topological polar surface area (TPSA) is 78.9 Å². The van der Waals surface area contributed by atoms with Gasteiger partial charge in [-0.05, 0) is 30.9 Å². The Labute approximate surface area is 183 Å². The summed E-state index contributed by atoms with van der Waals surface area (Å²) < 4.78 is 16.7. The second-order valence-electron chi connectivity index (χ2n) is 8.48. The Kier molecular flexibility index (Phi) is 7.52. The number of hydrogen-bond acceptors (Lipinski definition) is 6. The van der Waals surface area contributed by atoms with Crippen molar-refractivity contribution in [3.05, 3.63) is 41.5 Å². The molecule has 3 rings (SSSR count). The van der Waals surface area contributed by atoms with Gasteiger partial charge in [0.15, 0.2) is 5.78 Å². The van der Waals surface area contributed by atoms with E-state index in [1.165, 1.54) is 14.0 Å². The molecule has 6 nitrogen and oxygen atoms in total. The second-order valence-corrected chi connectivity index (χ2v) is 8.48. The lowest BCUT2D eigenvalue weighted by atomic mass is 9.86. The van der Waals surface area contributed by atoms with Crippen LogP contribution in [0.2, 0.25) is 0 Å². The number of methoxy groups -OCH3 is 1. The molecule has 0 amide bonds. The third-order valence-corrected chi connectivity index (χ3v) is 6.42. The fourth-order valence-corrected chi connectivity index (χ4v) is 4.58. The van der Waals surface area contributed by atoms with Gasteiger partial charge in [0.05, 0.1) is 7.11 Å². The molecule has 6 heteroatoms. The lowest BCUT2D eigenvalue weighted by Crippen LogP contribution is -2.22. The summed E-state index contributed by atoms with van der Waals surface area (Å²) in [5, 5.41) is 0. The van der Waals surface area contributed by atoms with Gasteiger partial charge < -0.3 is 14.2 Å². The van der Waals surface area contributed by atoms with Gasteiger partial charge in [-0.1, -0.05) is 38.1 Å². The molecular weight excluding hydrogens is 396 g/mol. The van der Waals surface area contributed by atoms with Crippen molar-refractivity contribution in [2.45, 2.75) is 71.0 Å². The molecule has 2 aliphatic rings. The molecule has 0 radical (unpaired) electrons. The van der Waals surface area contributed by atoms with Crippen LogP contribution < -0.4 is 4.74 Å². The quantitative estimate of drug-likeness (QED) is 0.434. The van der Waals surface area contributed by atoms with E-state index in [1.54, 1.807) is 6.08 Å². The summed E-state index contributed by atoms with van der Waals surface area (Å²) in [5.41, 5.74) is 2.15. The van der Waals surface area contributed by atoms with E-state index in [1.807, 2.05) is 32.1 Å². The monoisotopic (exact) mass is 428 g/mol. The van der Waals surface area contributed by atoms with E-state index in [0.29, 0.717) is 19.3 Å². The maximum atomic E-state index is 12.4. The molecule has 1 aliphatic heterocycles. The number of ketones is 1. The first-order chi connectivity index (χ1) is 14.8. The summed E-state index contributed by atoms with van der Waals surface area (Å²) in [5.74, 6) is 0.293. The lowest BCUT2D eigenvalue weighted by Gasteiger charge is -2.21. The van der Waals surface area contributed by atoms with Crippen molar-refractivity contribution in [3.63, 3.8) is 0 Å². The minimum absolute atomic E-state index is 0.0286. The van der Waals surface area contributed by atoms with Gasteiger partial charge in [-0.15, -0.1) is 0 Å². The molecule has 0 saturated heterocycles. The van der Waals surface area contributed by atoms with E-state index < -0.39 is 0 Å². The Morgan fingerprint density at radius 2 is 2.06 bits per heavy atom. The van der Waals surface area contributed by atoms with Crippen molar-refractivity contribution in [1.29, 1.82) is 0 Å². The summed E-state index contributed by atoms with van der Waals surface area (Å²) in [4.78, 5) is 35.5. The minimum Gasteiger partial charge on any atom is -0.489 e. The van der Waals surface area contributed by atoms with Gasteiger partial charge in [-0.25, -0.2) is 0 Å². The summed E-state index contributed by atoms with van der Waals surface area (Å²) in [6.45, 7) is 5.32. The molecule has 1 aromatic carbocycles. The average Bonchev–Trinajstić information content (AvgIpc) is 3.26. The van der Waals surface area contributed by atoms with Crippen LogP contribution >= 0.6 is 0 Å². The van der Waals surface area contributed by atoms with Crippen molar-refractivity contribution < 1.29 is 28.6 Å². The van der Waals surface area contributed by atoms with Crippen molar-refractivity contribution in [2.24, 2.45) is 11.8 Å². The predicted octanol–water partition coefficient (Wildman–Crippen LogP) is 4.15. The Hall–Kier alpha value is -2.63. The van der Waals surface area contributed by atoms with Crippen molar-refractivity contribution >= 4 is 17.7 Å². The number of aryl methyl sites for hydroxylation is 1. The van der Waals surface area contributed by atoms with Crippen molar-refractivity contribution in [3.8, 4) is 5.75 Å². The van der Waals surface area contributed by atoms with E-state index in [0.717, 1.165) is 29.7 Å². The maximum absolute atomic E-state index is 12.4. The van der Waals surface area contributed by atoms with Crippen molar-refractivity contribution in [2.75, 3.05) is 7.11 Å². The number of ether oxygens (including phenoxy) is 3. The van der Waals surface area contributed by atoms with Gasteiger partial charge in [-0.2, -0.15) is 0 Å². The molecular formula is C25H32O6. The van der Waals surface area contributed by atoms with Gasteiger partial charge in [0.25, 0.3) is 0 Å². The number of fused-ring (bicyclic) bond motifs is 3. The standard InChI is InChI=1S/C25H32O6/c1-5-15(2)20(27)13-12-18-21(30-16(3)26)14-22-24(18)19-10-6-8-17(25(19)31-22)9-7-11-23(28)29-4/h6,8,10,12-13,15,18,21-22,24H,5,7,9,11,14H2,1-4H3/b13-12+/t15?,18-,21+,22-,24-/m0/s1. The molecule has 5 atom stereocenters. The van der Waals surface area contributed by atoms with Gasteiger partial charge in [0.1, 0.15) is 18.0 Å². The van der Waals surface area contributed by atoms with Crippen LogP contribution in [0.1, 0.15) is 63.5 Å². The molecule has 0 spiro atoms. The zero-order valence-electron chi connectivity index (χ0n) is 18.8. The summed E-state index contributed by atoms with van der Waals surface area (Å²) in [7, 11) is 1.39. The van der Waals surface area contributed by atoms with Gasteiger partial charge in [0.2, 0.25) is 0 Å². The average molecular weight is 429 g/mol. The molecule has 0 aromatic heterocycles. The Morgan fingerprint density at radius 3 is 2.74 bits per heavy atom. The van der Waals surface area contributed by atoms with E-state index in [4.69, 9.17) is 14.2 Å². The van der Waals surface area contributed by atoms with Crippen molar-refractivity contribution in [1.82, 2.24) is 0 Å². The number of para-hydroxylation sites is 1. The molecule has 1 aromatic rings. The molecule has 0 N–H and O–H groups in total. The second kappa shape index (κ2) is 10.1. The molecule has 1 heterocycles. The maximum Gasteiger partial charge on any atom is 0.305 e. The van der Waals surface area contributed by atoms with Crippen LogP contribution in [0.5, 0.6) is 5.75 Å². The first-order valence-corrected chi connectivity index (χ1v) is 11.1. The zero-order valence-corrected chi connectivity index (χ0v) is 18.8. The summed E-state index contributed by atoms with van der Waals surface area (Å²) >= 11 is 0. The van der Waals surface area contributed by atoms with Crippen LogP contribution in [0, 0.1) is 11.8 Å². The number of carbonyl (C=O) groups is 3. The van der Waals surface area contributed by atoms with Crippen LogP contribution in [0.15, 0.2) is 30.4 Å². The number of esters is 2. The normalized spacial score (nSPS) is 24.9. The molecule has 1 fully saturated rings. The molecule has 31 heavy (non-hydrogen) atoms. The number of carbonyl (C=O) groups excluding carboxylic acids is 3. The van der Waals surface area contributed by atoms with Gasteiger partial charge >= 0.3 is 11.9 Å². The molecule has 0 bridgehead atoms. The highest BCUT2D eigenvalue weighted by Crippen LogP contribution is 2.52. The van der Waals surface area contributed by atoms with Crippen LogP contribution in [-0.2, 0) is 30.3 Å². The van der Waals surface area contributed by atoms with E-state index >= 15 is 0 Å². The Morgan fingerprint density at radius 1 is 1.29 bits per heavy atom. The Bertz CT molecular complexity index is 858. The zero-order chi connectivity index (χ0) is 22.5. The number of allylic oxidation sites excluding steroid dienone is 1. The third-order valence-electron chi connectivity index (χ3n) is 6.42. The van der Waals surface area contributed by atoms with E-state index in [9.17, 15) is 14.4 Å². The summed E-state index contributed by atoms with van der Waals surface area (Å²) in [6, 6.07) is 6.08. The third kappa shape index (κ3) is 5.17. The molecule has 1 unspecified atom stereocenters. The number of rotatable bonds is 9. The highest BCUT2D eigenvalue weighted by molar-refractivity contribution is 5.91. The van der Waals surface area contributed by atoms with Crippen LogP contribution in [0.3, 0.4) is 0 Å². The highest BCUT2D eigenvalue weighted by atomic mass is 16.5. The highest BCUT2D eigenvalue weighted by Gasteiger charge is 2.50. The molecule has 1 aliphatic carbocycles. The largest absolute Gasteiger partial charge is 0.489 e. The molecule has 168 valence electrons. The fourth-order valence-electron chi connectivity index (χ4n) is 4.58. The minimum atomic E-state index is -0.326. The first-order valence-electron chi connectivity index (χ1n) is 11.1. The van der Waals surface area contributed by atoms with Gasteiger partial charge in [-0.3, -0.25) is 14.4 Å². The first kappa shape index (κ1) is 23.0. The SMILES string of the molecule is CCC(C)C(=O)/C=C/[C@@H]1[C@H]2c3cccc(CCCC(=O)OC)c3O[C@H]2C[C@H]1OC(C)=O. The van der Waals surface area contributed by atoms with Gasteiger partial charge in [0, 0.05) is 43.1 Å². The Balaban J connectivity index is 1.83. The van der Waals surface area contributed by atoms with E-state index in [-0.39, 0.29) is 47.7 Å². The smallest absolute Gasteiger partial charge is 0.305 e. The lowest BCUT2D eigenvalue weighted by molar-refractivity contribution is -0.147. The van der Waals surface area contributed by atoms with Crippen LogP contribution in [0.25, 0.3) is 0 Å². The summed E-state index contributed by atoms with van der Waals surface area (Å²) in [6.07, 6.45) is 6.29. The van der Waals surface area contributed by atoms with E-state index in [2.05, 4.69) is 6.07 Å². The number of benzene rings is 1. The van der Waals surface area contributed by atoms with Crippen LogP contribution in [0.4, 0.5) is 0 Å². The predicted molar refractivity (Wildman–Crippen MR) is 116 cm³/mol. The number of hydrogen-bond donors (Lipinski definition) is 0. The fraction of sp³-hybridized carbons (Fsp3) is 0.560.